The van der Waals surface area contributed by atoms with Gasteiger partial charge in [-0.25, -0.2) is 14.3 Å². The highest BCUT2D eigenvalue weighted by molar-refractivity contribution is 8.00. The molecule has 1 fully saturated rings. The first-order valence-electron chi connectivity index (χ1n) is 12.3. The number of pyridine rings is 1. The number of nitrogens with one attached hydrogen (secondary N) is 1. The number of hydrogen-bond donors (Lipinski definition) is 4. The van der Waals surface area contributed by atoms with E-state index < -0.39 is 29.2 Å². The Kier molecular flexibility index (Phi) is 8.54. The molecular weight excluding hydrogens is 590 g/mol. The number of carbonyl (C=O) groups excluding carboxylic acids is 2. The molecule has 12 nitrogen and oxygen atoms in total. The monoisotopic (exact) mass is 614 g/mol. The molecule has 1 aromatic carbocycles. The number of β-lactam (4-membered cyclic amide) rings is 1. The number of nitrogens with two attached hydrogens (primary N) is 2. The summed E-state index contributed by atoms with van der Waals surface area (Å²) in [5.41, 5.74) is 13.4. The number of carboxylic acids is 1. The summed E-state index contributed by atoms with van der Waals surface area (Å²) in [4.78, 5) is 49.5. The molecule has 0 unspecified atom stereocenters. The number of fused-ring (bicyclic) bond motifs is 1. The van der Waals surface area contributed by atoms with Crippen LogP contribution in [0.5, 0.6) is 0 Å². The Balaban J connectivity index is 1.33. The maximum atomic E-state index is 13.4. The first-order chi connectivity index (χ1) is 19.8. The van der Waals surface area contributed by atoms with Gasteiger partial charge in [-0.05, 0) is 11.1 Å². The highest BCUT2D eigenvalue weighted by atomic mass is 35.5. The van der Waals surface area contributed by atoms with Gasteiger partial charge < -0.3 is 26.7 Å². The number of nitrogen functional groups attached to an aromatic ring is 1. The van der Waals surface area contributed by atoms with Crippen LogP contribution >= 0.6 is 34.7 Å². The van der Waals surface area contributed by atoms with Gasteiger partial charge in [-0.15, -0.1) is 11.8 Å². The lowest BCUT2D eigenvalue weighted by atomic mass is 10.0. The third-order valence-electron chi connectivity index (χ3n) is 6.37. The first-order valence-corrected chi connectivity index (χ1v) is 14.6. The molecule has 0 aliphatic carbocycles. The predicted octanol–water partition coefficient (Wildman–Crippen LogP) is 1.48. The van der Waals surface area contributed by atoms with Gasteiger partial charge >= 0.3 is 5.97 Å². The molecule has 2 aliphatic heterocycles. The molecule has 1 saturated heterocycles. The molecule has 5 rings (SSSR count). The zero-order valence-corrected chi connectivity index (χ0v) is 23.8. The van der Waals surface area contributed by atoms with Gasteiger partial charge in [-0.2, -0.15) is 0 Å². The Hall–Kier alpha value is -3.98. The SMILES string of the molecule is NCc1ccc(CON=C(C(=O)N[C@@H]2C(=O)N3C(C(=O)O)=C(C[n+]4ccccc4)CS[C@@H]23)c2nc(N)sc2Cl)cc1. The second-order valence-corrected chi connectivity index (χ2v) is 11.8. The molecule has 2 atom stereocenters. The molecule has 0 bridgehead atoms. The van der Waals surface area contributed by atoms with Crippen LogP contribution in [0.1, 0.15) is 16.8 Å². The normalized spacial score (nSPS) is 18.5. The molecule has 4 heterocycles. The lowest BCUT2D eigenvalue weighted by Crippen LogP contribution is -2.71. The van der Waals surface area contributed by atoms with Gasteiger partial charge in [-0.3, -0.25) is 14.5 Å². The van der Waals surface area contributed by atoms with E-state index in [9.17, 15) is 19.5 Å². The molecule has 6 N–H and O–H groups in total. The topological polar surface area (TPSA) is 177 Å². The Morgan fingerprint density at radius 1 is 1.22 bits per heavy atom. The van der Waals surface area contributed by atoms with Gasteiger partial charge in [0.25, 0.3) is 11.8 Å². The van der Waals surface area contributed by atoms with E-state index in [1.165, 1.54) is 16.7 Å². The van der Waals surface area contributed by atoms with Gasteiger partial charge in [0.2, 0.25) is 0 Å². The highest BCUT2D eigenvalue weighted by Gasteiger charge is 2.54. The summed E-state index contributed by atoms with van der Waals surface area (Å²) in [7, 11) is 0. The summed E-state index contributed by atoms with van der Waals surface area (Å²) in [6.07, 6.45) is 3.64. The van der Waals surface area contributed by atoms with E-state index in [1.807, 2.05) is 59.4 Å². The highest BCUT2D eigenvalue weighted by Crippen LogP contribution is 2.40. The van der Waals surface area contributed by atoms with Crippen LogP contribution in [0.2, 0.25) is 4.34 Å². The number of hydrogen-bond acceptors (Lipinski definition) is 10. The number of aromatic nitrogens is 2. The van der Waals surface area contributed by atoms with E-state index >= 15 is 0 Å². The van der Waals surface area contributed by atoms with Crippen molar-refractivity contribution < 1.29 is 28.9 Å². The maximum absolute atomic E-state index is 13.4. The van der Waals surface area contributed by atoms with E-state index in [-0.39, 0.29) is 33.2 Å². The predicted molar refractivity (Wildman–Crippen MR) is 154 cm³/mol. The Morgan fingerprint density at radius 3 is 2.56 bits per heavy atom. The van der Waals surface area contributed by atoms with Crippen molar-refractivity contribution in [3.05, 3.63) is 87.3 Å². The Labute approximate surface area is 247 Å². The number of anilines is 1. The molecule has 0 spiro atoms. The van der Waals surface area contributed by atoms with Crippen LogP contribution in [-0.4, -0.2) is 55.7 Å². The average molecular weight is 615 g/mol. The molecule has 0 radical (unpaired) electrons. The van der Waals surface area contributed by atoms with E-state index in [0.717, 1.165) is 22.5 Å². The quantitative estimate of drug-likeness (QED) is 0.114. The number of thiazole rings is 1. The minimum Gasteiger partial charge on any atom is -0.477 e. The molecule has 41 heavy (non-hydrogen) atoms. The van der Waals surface area contributed by atoms with Crippen LogP contribution in [0.4, 0.5) is 5.13 Å². The minimum absolute atomic E-state index is 0.0124. The van der Waals surface area contributed by atoms with Crippen molar-refractivity contribution in [3.63, 3.8) is 0 Å². The lowest BCUT2D eigenvalue weighted by molar-refractivity contribution is -0.689. The van der Waals surface area contributed by atoms with Crippen LogP contribution in [0.3, 0.4) is 0 Å². The van der Waals surface area contributed by atoms with Crippen LogP contribution < -0.4 is 21.4 Å². The summed E-state index contributed by atoms with van der Waals surface area (Å²) >= 11 is 8.59. The fraction of sp³-hybridized carbons (Fsp3) is 0.231. The fourth-order valence-electron chi connectivity index (χ4n) is 4.37. The number of aliphatic carboxylic acids is 1. The number of benzene rings is 1. The molecule has 3 aromatic rings. The number of oxime groups is 1. The smallest absolute Gasteiger partial charge is 0.352 e. The average Bonchev–Trinajstić information content (AvgIpc) is 3.31. The summed E-state index contributed by atoms with van der Waals surface area (Å²) in [5, 5.41) is 16.1. The third-order valence-corrected chi connectivity index (χ3v) is 8.80. The second kappa shape index (κ2) is 12.3. The van der Waals surface area contributed by atoms with E-state index in [1.54, 1.807) is 0 Å². The second-order valence-electron chi connectivity index (χ2n) is 9.07. The maximum Gasteiger partial charge on any atom is 0.352 e. The van der Waals surface area contributed by atoms with Gasteiger partial charge in [0, 0.05) is 30.0 Å². The van der Waals surface area contributed by atoms with Crippen LogP contribution in [0.15, 0.2) is 71.3 Å². The van der Waals surface area contributed by atoms with Crippen LogP contribution in [0.25, 0.3) is 0 Å². The summed E-state index contributed by atoms with van der Waals surface area (Å²) in [6.45, 7) is 0.763. The van der Waals surface area contributed by atoms with E-state index in [2.05, 4.69) is 15.5 Å². The van der Waals surface area contributed by atoms with Gasteiger partial charge in [0.1, 0.15) is 33.7 Å². The first kappa shape index (κ1) is 28.5. The largest absolute Gasteiger partial charge is 0.477 e. The third kappa shape index (κ3) is 6.05. The van der Waals surface area contributed by atoms with Crippen LogP contribution in [0, 0.1) is 0 Å². The fourth-order valence-corrected chi connectivity index (χ4v) is 6.64. The standard InChI is InChI=1S/C26H24ClN7O5S2/c27-21-17(31-26(29)41-21)18(32-39-12-15-6-4-14(10-28)5-7-15)22(35)30-19-23(36)34-20(25(37)38)16(13-40-24(19)34)11-33-8-2-1-3-9-33/h1-9,19,24H,10-13,28H2,(H3-,29,30,31,35,37,38)/p+1/t19-,24+/m1/s1. The van der Waals surface area contributed by atoms with E-state index in [0.29, 0.717) is 24.4 Å². The molecule has 212 valence electrons. The van der Waals surface area contributed by atoms with Gasteiger partial charge in [0.05, 0.1) is 0 Å². The van der Waals surface area contributed by atoms with E-state index in [4.69, 9.17) is 27.9 Å². The van der Waals surface area contributed by atoms with Crippen molar-refractivity contribution in [1.29, 1.82) is 0 Å². The molecule has 2 aliphatic rings. The number of thioether (sulfide) groups is 1. The number of rotatable bonds is 10. The van der Waals surface area contributed by atoms with Crippen LogP contribution in [-0.2, 0) is 38.9 Å². The number of carbonyl (C=O) groups is 3. The zero-order valence-electron chi connectivity index (χ0n) is 21.4. The van der Waals surface area contributed by atoms with Gasteiger partial charge in [-0.1, -0.05) is 58.4 Å². The summed E-state index contributed by atoms with van der Waals surface area (Å²) in [6, 6.07) is 11.9. The lowest BCUT2D eigenvalue weighted by Gasteiger charge is -2.49. The molecule has 2 amide bonds. The summed E-state index contributed by atoms with van der Waals surface area (Å²) < 4.78 is 1.96. The minimum atomic E-state index is -1.21. The molecule has 0 saturated carbocycles. The Morgan fingerprint density at radius 2 is 1.93 bits per heavy atom. The molecule has 15 heteroatoms. The van der Waals surface area contributed by atoms with Crippen molar-refractivity contribution in [2.45, 2.75) is 31.1 Å². The van der Waals surface area contributed by atoms with Crippen molar-refractivity contribution in [2.24, 2.45) is 10.9 Å². The summed E-state index contributed by atoms with van der Waals surface area (Å²) in [5.74, 6) is -2.15. The number of carboxylic acid groups (broad SMARTS) is 1. The van der Waals surface area contributed by atoms with Crippen molar-refractivity contribution in [2.75, 3.05) is 11.5 Å². The van der Waals surface area contributed by atoms with Crippen molar-refractivity contribution in [1.82, 2.24) is 15.2 Å². The zero-order chi connectivity index (χ0) is 29.1. The Bertz CT molecular complexity index is 1550. The number of amides is 2. The van der Waals surface area contributed by atoms with Crippen molar-refractivity contribution >= 4 is 63.3 Å². The van der Waals surface area contributed by atoms with Crippen molar-refractivity contribution in [3.8, 4) is 0 Å². The number of nitrogens with zero attached hydrogens (tertiary/aromatic N) is 4. The molecule has 2 aromatic heterocycles. The number of halogens is 1. The molecular formula is C26H25ClN7O5S2+. The van der Waals surface area contributed by atoms with Gasteiger partial charge in [0.15, 0.2) is 29.8 Å².